The number of anilines is 1. The molecular weight excluding hydrogens is 226 g/mol. The first-order valence-corrected chi connectivity index (χ1v) is 7.01. The van der Waals surface area contributed by atoms with Gasteiger partial charge in [0.1, 0.15) is 11.6 Å². The molecule has 0 bridgehead atoms. The van der Waals surface area contributed by atoms with Crippen LogP contribution in [0.15, 0.2) is 10.9 Å². The van der Waals surface area contributed by atoms with Crippen molar-refractivity contribution < 1.29 is 0 Å². The molecule has 2 N–H and O–H groups in total. The van der Waals surface area contributed by atoms with Crippen molar-refractivity contribution in [2.24, 2.45) is 11.8 Å². The number of rotatable bonds is 3. The summed E-state index contributed by atoms with van der Waals surface area (Å²) in [4.78, 5) is 19.0. The molecule has 0 aliphatic heterocycles. The third kappa shape index (κ3) is 2.28. The Kier molecular flexibility index (Phi) is 2.88. The number of aromatic amines is 1. The van der Waals surface area contributed by atoms with Crippen molar-refractivity contribution in [1.29, 1.82) is 0 Å². The van der Waals surface area contributed by atoms with Crippen LogP contribution in [-0.4, -0.2) is 16.0 Å². The highest BCUT2D eigenvalue weighted by atomic mass is 16.1. The van der Waals surface area contributed by atoms with Crippen LogP contribution < -0.4 is 10.9 Å². The third-order valence-electron chi connectivity index (χ3n) is 4.52. The second-order valence-corrected chi connectivity index (χ2v) is 5.95. The molecule has 0 spiro atoms. The maximum absolute atomic E-state index is 11.6. The van der Waals surface area contributed by atoms with Gasteiger partial charge in [-0.2, -0.15) is 0 Å². The molecule has 1 aromatic heterocycles. The van der Waals surface area contributed by atoms with Crippen LogP contribution in [0.25, 0.3) is 0 Å². The number of aromatic nitrogens is 2. The van der Waals surface area contributed by atoms with Crippen LogP contribution in [0.1, 0.15) is 51.3 Å². The van der Waals surface area contributed by atoms with E-state index in [1.165, 1.54) is 12.8 Å². The summed E-state index contributed by atoms with van der Waals surface area (Å²) in [5.41, 5.74) is -0.0342. The van der Waals surface area contributed by atoms with Gasteiger partial charge < -0.3 is 10.3 Å². The van der Waals surface area contributed by atoms with Gasteiger partial charge in [0, 0.05) is 18.0 Å². The van der Waals surface area contributed by atoms with E-state index >= 15 is 0 Å². The van der Waals surface area contributed by atoms with Crippen LogP contribution in [0.5, 0.6) is 0 Å². The molecule has 3 rings (SSSR count). The lowest BCUT2D eigenvalue weighted by atomic mass is 9.98. The van der Waals surface area contributed by atoms with Gasteiger partial charge in [-0.3, -0.25) is 4.79 Å². The average molecular weight is 247 g/mol. The first kappa shape index (κ1) is 11.8. The molecule has 1 heterocycles. The summed E-state index contributed by atoms with van der Waals surface area (Å²) in [5.74, 6) is 3.51. The molecule has 0 radical (unpaired) electrons. The smallest absolute Gasteiger partial charge is 0.252 e. The number of hydrogen-bond donors (Lipinski definition) is 2. The van der Waals surface area contributed by atoms with Crippen molar-refractivity contribution in [3.63, 3.8) is 0 Å². The van der Waals surface area contributed by atoms with E-state index in [0.29, 0.717) is 17.9 Å². The molecule has 18 heavy (non-hydrogen) atoms. The van der Waals surface area contributed by atoms with E-state index in [9.17, 15) is 4.79 Å². The Balaban J connectivity index is 1.78. The van der Waals surface area contributed by atoms with Gasteiger partial charge in [-0.25, -0.2) is 4.98 Å². The maximum atomic E-state index is 11.6. The fourth-order valence-electron chi connectivity index (χ4n) is 2.86. The largest absolute Gasteiger partial charge is 0.367 e. The molecule has 98 valence electrons. The van der Waals surface area contributed by atoms with Crippen LogP contribution in [-0.2, 0) is 0 Å². The number of nitrogens with one attached hydrogen (secondary N) is 2. The molecular formula is C14H21N3O. The molecule has 2 fully saturated rings. The minimum absolute atomic E-state index is 0.0342. The normalized spacial score (nSPS) is 31.6. The molecule has 4 nitrogen and oxygen atoms in total. The Labute approximate surface area is 107 Å². The van der Waals surface area contributed by atoms with E-state index < -0.39 is 0 Å². The first-order chi connectivity index (χ1) is 8.63. The monoisotopic (exact) mass is 247 g/mol. The lowest BCUT2D eigenvalue weighted by Gasteiger charge is -2.20. The SMILES string of the molecule is CC1CCC(Nc2cc(=O)[nH]c(C3CC3)n2)C1C. The zero-order chi connectivity index (χ0) is 12.7. The number of nitrogens with zero attached hydrogens (tertiary/aromatic N) is 1. The van der Waals surface area contributed by atoms with E-state index in [0.717, 1.165) is 30.4 Å². The van der Waals surface area contributed by atoms with Crippen LogP contribution in [0, 0.1) is 11.8 Å². The lowest BCUT2D eigenvalue weighted by Crippen LogP contribution is -2.26. The van der Waals surface area contributed by atoms with Crippen molar-refractivity contribution in [3.8, 4) is 0 Å². The highest BCUT2D eigenvalue weighted by Crippen LogP contribution is 2.38. The second kappa shape index (κ2) is 4.41. The van der Waals surface area contributed by atoms with Gasteiger partial charge in [0.15, 0.2) is 0 Å². The first-order valence-electron chi connectivity index (χ1n) is 7.01. The van der Waals surface area contributed by atoms with Crippen molar-refractivity contribution in [1.82, 2.24) is 9.97 Å². The van der Waals surface area contributed by atoms with Gasteiger partial charge in [0.05, 0.1) is 0 Å². The third-order valence-corrected chi connectivity index (χ3v) is 4.52. The standard InChI is InChI=1S/C14H21N3O/c1-8-3-6-11(9(8)2)15-12-7-13(18)17-14(16-12)10-4-5-10/h7-11H,3-6H2,1-2H3,(H2,15,16,17,18). The summed E-state index contributed by atoms with van der Waals surface area (Å²) < 4.78 is 0. The lowest BCUT2D eigenvalue weighted by molar-refractivity contribution is 0.435. The summed E-state index contributed by atoms with van der Waals surface area (Å²) in [6.45, 7) is 4.58. The Hall–Kier alpha value is -1.32. The molecule has 3 unspecified atom stereocenters. The Morgan fingerprint density at radius 2 is 2.06 bits per heavy atom. The van der Waals surface area contributed by atoms with Gasteiger partial charge in [0.25, 0.3) is 5.56 Å². The molecule has 2 aliphatic rings. The summed E-state index contributed by atoms with van der Waals surface area (Å²) >= 11 is 0. The zero-order valence-electron chi connectivity index (χ0n) is 11.1. The van der Waals surface area contributed by atoms with Gasteiger partial charge in [-0.05, 0) is 37.5 Å². The minimum Gasteiger partial charge on any atom is -0.367 e. The predicted molar refractivity (Wildman–Crippen MR) is 71.8 cm³/mol. The molecule has 0 saturated heterocycles. The Morgan fingerprint density at radius 3 is 2.67 bits per heavy atom. The van der Waals surface area contributed by atoms with E-state index in [2.05, 4.69) is 29.1 Å². The fraction of sp³-hybridized carbons (Fsp3) is 0.714. The summed E-state index contributed by atoms with van der Waals surface area (Å²) in [6, 6.07) is 2.04. The van der Waals surface area contributed by atoms with E-state index in [4.69, 9.17) is 0 Å². The van der Waals surface area contributed by atoms with Crippen molar-refractivity contribution in [3.05, 3.63) is 22.2 Å². The molecule has 0 aromatic carbocycles. The topological polar surface area (TPSA) is 57.8 Å². The Bertz CT molecular complexity index is 492. The van der Waals surface area contributed by atoms with Gasteiger partial charge in [-0.15, -0.1) is 0 Å². The maximum Gasteiger partial charge on any atom is 0.252 e. The summed E-state index contributed by atoms with van der Waals surface area (Å²) in [5, 5.41) is 3.45. The number of hydrogen-bond acceptors (Lipinski definition) is 3. The molecule has 0 amide bonds. The zero-order valence-corrected chi connectivity index (χ0v) is 11.1. The van der Waals surface area contributed by atoms with Crippen molar-refractivity contribution in [2.45, 2.75) is 51.5 Å². The molecule has 4 heteroatoms. The second-order valence-electron chi connectivity index (χ2n) is 5.95. The van der Waals surface area contributed by atoms with E-state index in [1.54, 1.807) is 6.07 Å². The van der Waals surface area contributed by atoms with Crippen molar-refractivity contribution in [2.75, 3.05) is 5.32 Å². The molecule has 3 atom stereocenters. The van der Waals surface area contributed by atoms with Crippen LogP contribution in [0.3, 0.4) is 0 Å². The van der Waals surface area contributed by atoms with Crippen LogP contribution >= 0.6 is 0 Å². The highest BCUT2D eigenvalue weighted by molar-refractivity contribution is 5.35. The molecule has 2 aliphatic carbocycles. The van der Waals surface area contributed by atoms with Gasteiger partial charge >= 0.3 is 0 Å². The van der Waals surface area contributed by atoms with E-state index in [-0.39, 0.29) is 5.56 Å². The van der Waals surface area contributed by atoms with Crippen molar-refractivity contribution >= 4 is 5.82 Å². The predicted octanol–water partition coefficient (Wildman–Crippen LogP) is 2.49. The van der Waals surface area contributed by atoms with E-state index in [1.807, 2.05) is 0 Å². The fourth-order valence-corrected chi connectivity index (χ4v) is 2.86. The van der Waals surface area contributed by atoms with Crippen LogP contribution in [0.4, 0.5) is 5.82 Å². The molecule has 2 saturated carbocycles. The highest BCUT2D eigenvalue weighted by Gasteiger charge is 2.30. The summed E-state index contributed by atoms with van der Waals surface area (Å²) in [7, 11) is 0. The van der Waals surface area contributed by atoms with Crippen LogP contribution in [0.2, 0.25) is 0 Å². The Morgan fingerprint density at radius 1 is 1.28 bits per heavy atom. The average Bonchev–Trinajstić information content (AvgIpc) is 3.12. The minimum atomic E-state index is -0.0342. The quantitative estimate of drug-likeness (QED) is 0.862. The molecule has 1 aromatic rings. The van der Waals surface area contributed by atoms with Gasteiger partial charge in [-0.1, -0.05) is 13.8 Å². The summed E-state index contributed by atoms with van der Waals surface area (Å²) in [6.07, 6.45) is 4.75. The number of H-pyrrole nitrogens is 1. The van der Waals surface area contributed by atoms with Gasteiger partial charge in [0.2, 0.25) is 0 Å².